The van der Waals surface area contributed by atoms with Gasteiger partial charge in [-0.25, -0.2) is 0 Å². The zero-order valence-electron chi connectivity index (χ0n) is 37.6. The third-order valence-corrected chi connectivity index (χ3v) is 8.62. The molecule has 6 heteroatoms. The number of esters is 3. The molecular weight excluding hydrogens is 745 g/mol. The number of unbranched alkanes of at least 4 members (excludes halogenated alkanes) is 4. The fraction of sp³-hybridized carbons (Fsp3) is 0.500. The number of ether oxygens (including phenoxy) is 3. The molecule has 0 saturated carbocycles. The van der Waals surface area contributed by atoms with Gasteiger partial charge in [0.15, 0.2) is 6.10 Å². The van der Waals surface area contributed by atoms with Crippen LogP contribution in [0.25, 0.3) is 0 Å². The second kappa shape index (κ2) is 47.0. The van der Waals surface area contributed by atoms with Crippen molar-refractivity contribution >= 4 is 17.9 Å². The minimum Gasteiger partial charge on any atom is -0.462 e. The average Bonchev–Trinajstić information content (AvgIpc) is 3.24. The molecule has 0 aliphatic carbocycles. The predicted octanol–water partition coefficient (Wildman–Crippen LogP) is 14.9. The zero-order chi connectivity index (χ0) is 43.7. The molecule has 0 aliphatic heterocycles. The number of hydrogen-bond acceptors (Lipinski definition) is 6. The summed E-state index contributed by atoms with van der Waals surface area (Å²) in [5.74, 6) is -1.20. The molecule has 0 saturated heterocycles. The highest BCUT2D eigenvalue weighted by Crippen LogP contribution is 2.10. The Morgan fingerprint density at radius 2 is 0.700 bits per heavy atom. The second-order valence-electron chi connectivity index (χ2n) is 14.2. The van der Waals surface area contributed by atoms with Gasteiger partial charge >= 0.3 is 17.9 Å². The molecule has 0 aliphatic rings. The highest BCUT2D eigenvalue weighted by Gasteiger charge is 2.19. The Labute approximate surface area is 366 Å². The van der Waals surface area contributed by atoms with E-state index in [1.807, 2.05) is 18.2 Å². The zero-order valence-corrected chi connectivity index (χ0v) is 37.6. The van der Waals surface area contributed by atoms with Crippen molar-refractivity contribution in [3.05, 3.63) is 146 Å². The third-order valence-electron chi connectivity index (χ3n) is 8.62. The normalized spacial score (nSPS) is 13.4. The largest absolute Gasteiger partial charge is 0.462 e. The SMILES string of the molecule is CC/C=C\C/C=C\C/C=C\C/C=C\C/C=C\C/C=C\CCC(=O)OCC(COC(=O)C/C=C\C/C=C\C/C=C\CC)OC(=O)CCCCCC/C=C\C/C=C\C/C=C\CC. The number of hydrogen-bond donors (Lipinski definition) is 0. The first kappa shape index (κ1) is 55.3. The highest BCUT2D eigenvalue weighted by molar-refractivity contribution is 5.72. The van der Waals surface area contributed by atoms with E-state index in [1.54, 1.807) is 6.08 Å². The molecule has 0 amide bonds. The molecule has 0 N–H and O–H groups in total. The Morgan fingerprint density at radius 1 is 0.350 bits per heavy atom. The van der Waals surface area contributed by atoms with Gasteiger partial charge in [0, 0.05) is 12.8 Å². The summed E-state index contributed by atoms with van der Waals surface area (Å²) >= 11 is 0. The maximum absolute atomic E-state index is 12.7. The molecule has 6 nitrogen and oxygen atoms in total. The lowest BCUT2D eigenvalue weighted by Crippen LogP contribution is -2.30. The Balaban J connectivity index is 4.60. The Bertz CT molecular complexity index is 1410. The topological polar surface area (TPSA) is 78.9 Å². The van der Waals surface area contributed by atoms with E-state index in [-0.39, 0.29) is 38.4 Å². The second-order valence-corrected chi connectivity index (χ2v) is 14.2. The molecule has 0 aromatic carbocycles. The van der Waals surface area contributed by atoms with Crippen molar-refractivity contribution in [3.8, 4) is 0 Å². The van der Waals surface area contributed by atoms with Crippen LogP contribution in [0.3, 0.4) is 0 Å². The summed E-state index contributed by atoms with van der Waals surface area (Å²) in [6.45, 7) is 6.06. The summed E-state index contributed by atoms with van der Waals surface area (Å²) in [5.41, 5.74) is 0. The van der Waals surface area contributed by atoms with Crippen molar-refractivity contribution in [1.29, 1.82) is 0 Å². The van der Waals surface area contributed by atoms with Gasteiger partial charge in [0.2, 0.25) is 0 Å². The molecule has 0 bridgehead atoms. The lowest BCUT2D eigenvalue weighted by molar-refractivity contribution is -0.166. The molecule has 0 spiro atoms. The highest BCUT2D eigenvalue weighted by atomic mass is 16.6. The first-order valence-electron chi connectivity index (χ1n) is 22.8. The minimum atomic E-state index is -0.860. The van der Waals surface area contributed by atoms with Crippen LogP contribution in [0, 0.1) is 0 Å². The van der Waals surface area contributed by atoms with E-state index in [9.17, 15) is 14.4 Å². The summed E-state index contributed by atoms with van der Waals surface area (Å²) in [6, 6.07) is 0. The van der Waals surface area contributed by atoms with E-state index in [4.69, 9.17) is 14.2 Å². The van der Waals surface area contributed by atoms with Crippen molar-refractivity contribution in [3.63, 3.8) is 0 Å². The van der Waals surface area contributed by atoms with Gasteiger partial charge < -0.3 is 14.2 Å². The van der Waals surface area contributed by atoms with Crippen LogP contribution in [0.15, 0.2) is 146 Å². The Hall–Kier alpha value is -4.71. The van der Waals surface area contributed by atoms with E-state index < -0.39 is 18.0 Å². The lowest BCUT2D eigenvalue weighted by atomic mass is 10.1. The molecule has 0 rings (SSSR count). The molecule has 0 fully saturated rings. The summed E-state index contributed by atoms with van der Waals surface area (Å²) in [4.78, 5) is 37.6. The van der Waals surface area contributed by atoms with Crippen LogP contribution >= 0.6 is 0 Å². The van der Waals surface area contributed by atoms with Crippen LogP contribution in [0.5, 0.6) is 0 Å². The number of allylic oxidation sites excluding steroid dienone is 23. The summed E-state index contributed by atoms with van der Waals surface area (Å²) in [7, 11) is 0. The summed E-state index contributed by atoms with van der Waals surface area (Å²) in [5, 5.41) is 0. The summed E-state index contributed by atoms with van der Waals surface area (Å²) in [6.07, 6.45) is 67.4. The van der Waals surface area contributed by atoms with Crippen LogP contribution in [-0.2, 0) is 28.6 Å². The lowest BCUT2D eigenvalue weighted by Gasteiger charge is -2.18. The van der Waals surface area contributed by atoms with Crippen LogP contribution in [0.1, 0.15) is 156 Å². The number of carbonyl (C=O) groups is 3. The molecule has 0 heterocycles. The Morgan fingerprint density at radius 3 is 1.13 bits per heavy atom. The molecule has 0 aromatic heterocycles. The van der Waals surface area contributed by atoms with E-state index >= 15 is 0 Å². The van der Waals surface area contributed by atoms with Gasteiger partial charge in [0.1, 0.15) is 13.2 Å². The van der Waals surface area contributed by atoms with Gasteiger partial charge in [-0.2, -0.15) is 0 Å². The molecule has 1 unspecified atom stereocenters. The number of rotatable bonds is 38. The van der Waals surface area contributed by atoms with Crippen LogP contribution in [-0.4, -0.2) is 37.2 Å². The quantitative estimate of drug-likeness (QED) is 0.0267. The van der Waals surface area contributed by atoms with Crippen LogP contribution in [0.2, 0.25) is 0 Å². The van der Waals surface area contributed by atoms with E-state index in [0.29, 0.717) is 12.8 Å². The smallest absolute Gasteiger partial charge is 0.309 e. The minimum absolute atomic E-state index is 0.110. The van der Waals surface area contributed by atoms with Gasteiger partial charge in [0.25, 0.3) is 0 Å². The molecule has 1 atom stereocenters. The van der Waals surface area contributed by atoms with E-state index in [1.165, 1.54) is 0 Å². The van der Waals surface area contributed by atoms with Gasteiger partial charge in [-0.15, -0.1) is 0 Å². The van der Waals surface area contributed by atoms with Crippen molar-refractivity contribution in [2.45, 2.75) is 162 Å². The first-order chi connectivity index (χ1) is 29.5. The fourth-order valence-electron chi connectivity index (χ4n) is 5.30. The molecule has 332 valence electrons. The Kier molecular flexibility index (Phi) is 43.3. The van der Waals surface area contributed by atoms with E-state index in [0.717, 1.165) is 103 Å². The van der Waals surface area contributed by atoms with Gasteiger partial charge in [-0.3, -0.25) is 14.4 Å². The van der Waals surface area contributed by atoms with Gasteiger partial charge in [-0.1, -0.05) is 179 Å². The average molecular weight is 825 g/mol. The van der Waals surface area contributed by atoms with Crippen LogP contribution < -0.4 is 0 Å². The molecule has 60 heavy (non-hydrogen) atoms. The monoisotopic (exact) mass is 825 g/mol. The van der Waals surface area contributed by atoms with E-state index in [2.05, 4.69) is 142 Å². The fourth-order valence-corrected chi connectivity index (χ4v) is 5.30. The third kappa shape index (κ3) is 44.4. The van der Waals surface area contributed by atoms with Gasteiger partial charge in [0.05, 0.1) is 6.42 Å². The first-order valence-corrected chi connectivity index (χ1v) is 22.8. The maximum atomic E-state index is 12.7. The number of carbonyl (C=O) groups excluding carboxylic acids is 3. The summed E-state index contributed by atoms with van der Waals surface area (Å²) < 4.78 is 16.5. The van der Waals surface area contributed by atoms with Gasteiger partial charge in [-0.05, 0) is 103 Å². The maximum Gasteiger partial charge on any atom is 0.309 e. The molecule has 0 aromatic rings. The predicted molar refractivity (Wildman–Crippen MR) is 255 cm³/mol. The molecular formula is C54H80O6. The van der Waals surface area contributed by atoms with Crippen molar-refractivity contribution in [2.75, 3.05) is 13.2 Å². The van der Waals surface area contributed by atoms with Crippen molar-refractivity contribution in [1.82, 2.24) is 0 Å². The standard InChI is InChI=1S/C54H80O6/c1-4-7-10-13-16-19-21-23-25-26-27-28-29-31-32-35-38-41-44-47-53(56)59-50-51(49-58-52(55)46-43-40-37-34-18-15-12-9-6-3)60-54(57)48-45-42-39-36-33-30-24-22-20-17-14-11-8-5-2/h7-12,16-20,23-25,27-28,30-32,34,38,40-41,43,51H,4-6,13-15,21-22,26,29,33,35-37,39,42,44-50H2,1-3H3/b10-7-,11-8-,12-9-,19-16-,20-17-,25-23-,28-27-,30-24-,32-31-,34-18-,41-38-,43-40-. The van der Waals surface area contributed by atoms with Crippen molar-refractivity contribution in [2.24, 2.45) is 0 Å². The van der Waals surface area contributed by atoms with Crippen LogP contribution in [0.4, 0.5) is 0 Å². The molecule has 0 radical (unpaired) electrons. The van der Waals surface area contributed by atoms with Crippen molar-refractivity contribution < 1.29 is 28.6 Å².